The van der Waals surface area contributed by atoms with Gasteiger partial charge >= 0.3 is 5.97 Å². The maximum absolute atomic E-state index is 11.5. The fourth-order valence-electron chi connectivity index (χ4n) is 1.78. The highest BCUT2D eigenvalue weighted by atomic mass is 16.4. The lowest BCUT2D eigenvalue weighted by Crippen LogP contribution is -2.35. The van der Waals surface area contributed by atoms with E-state index in [0.29, 0.717) is 12.4 Å². The van der Waals surface area contributed by atoms with Gasteiger partial charge in [0.2, 0.25) is 5.91 Å². The number of aromatic nitrogens is 1. The largest absolute Gasteiger partial charge is 0.478 e. The fourth-order valence-corrected chi connectivity index (χ4v) is 1.78. The van der Waals surface area contributed by atoms with E-state index in [1.54, 1.807) is 25.9 Å². The molecule has 0 bridgehead atoms. The SMILES string of the molecule is CNC(=O)C(C)CN(C)c1nccc(C(=O)O)c1N. The van der Waals surface area contributed by atoms with Crippen molar-refractivity contribution in [3.63, 3.8) is 0 Å². The molecule has 1 rings (SSSR count). The van der Waals surface area contributed by atoms with Crippen LogP contribution in [0.5, 0.6) is 0 Å². The highest BCUT2D eigenvalue weighted by Gasteiger charge is 2.19. The second-order valence-corrected chi connectivity index (χ2v) is 4.30. The molecule has 19 heavy (non-hydrogen) atoms. The number of carboxylic acids is 1. The van der Waals surface area contributed by atoms with Crippen LogP contribution in [-0.4, -0.2) is 42.6 Å². The van der Waals surface area contributed by atoms with Gasteiger partial charge < -0.3 is 21.1 Å². The van der Waals surface area contributed by atoms with Gasteiger partial charge in [0, 0.05) is 26.8 Å². The Kier molecular flexibility index (Phi) is 4.68. The third kappa shape index (κ3) is 3.34. The Morgan fingerprint density at radius 2 is 2.21 bits per heavy atom. The Hall–Kier alpha value is -2.31. The van der Waals surface area contributed by atoms with Crippen LogP contribution >= 0.6 is 0 Å². The zero-order chi connectivity index (χ0) is 14.6. The number of aromatic carboxylic acids is 1. The van der Waals surface area contributed by atoms with E-state index in [2.05, 4.69) is 10.3 Å². The molecule has 0 spiro atoms. The summed E-state index contributed by atoms with van der Waals surface area (Å²) in [4.78, 5) is 28.2. The number of amides is 1. The summed E-state index contributed by atoms with van der Waals surface area (Å²) in [6.45, 7) is 2.16. The maximum atomic E-state index is 11.5. The third-order valence-corrected chi connectivity index (χ3v) is 2.80. The molecule has 0 aliphatic carbocycles. The second kappa shape index (κ2) is 6.03. The van der Waals surface area contributed by atoms with Gasteiger partial charge in [-0.05, 0) is 6.07 Å². The Labute approximate surface area is 111 Å². The molecule has 0 radical (unpaired) electrons. The molecule has 0 saturated carbocycles. The normalized spacial score (nSPS) is 11.7. The summed E-state index contributed by atoms with van der Waals surface area (Å²) in [6, 6.07) is 1.34. The first kappa shape index (κ1) is 14.7. The van der Waals surface area contributed by atoms with E-state index in [0.717, 1.165) is 0 Å². The Morgan fingerprint density at radius 3 is 2.74 bits per heavy atom. The molecule has 0 aromatic carbocycles. The van der Waals surface area contributed by atoms with Crippen LogP contribution in [0.3, 0.4) is 0 Å². The Balaban J connectivity index is 2.94. The van der Waals surface area contributed by atoms with E-state index in [-0.39, 0.29) is 23.1 Å². The number of nitrogen functional groups attached to an aromatic ring is 1. The van der Waals surface area contributed by atoms with Crippen molar-refractivity contribution in [2.45, 2.75) is 6.92 Å². The average Bonchev–Trinajstić information content (AvgIpc) is 2.37. The molecule has 1 aromatic rings. The zero-order valence-corrected chi connectivity index (χ0v) is 11.2. The number of rotatable bonds is 5. The molecule has 104 valence electrons. The summed E-state index contributed by atoms with van der Waals surface area (Å²) in [5, 5.41) is 11.5. The Bertz CT molecular complexity index is 490. The van der Waals surface area contributed by atoms with Crippen LogP contribution in [0, 0.1) is 5.92 Å². The van der Waals surface area contributed by atoms with Crippen LogP contribution in [-0.2, 0) is 4.79 Å². The first-order valence-electron chi connectivity index (χ1n) is 5.79. The maximum Gasteiger partial charge on any atom is 0.337 e. The van der Waals surface area contributed by atoms with Crippen LogP contribution in [0.2, 0.25) is 0 Å². The van der Waals surface area contributed by atoms with Crippen molar-refractivity contribution < 1.29 is 14.7 Å². The van der Waals surface area contributed by atoms with E-state index in [4.69, 9.17) is 10.8 Å². The summed E-state index contributed by atoms with van der Waals surface area (Å²) in [6.07, 6.45) is 1.39. The molecular formula is C12H18N4O3. The number of nitrogens with zero attached hydrogens (tertiary/aromatic N) is 2. The first-order chi connectivity index (χ1) is 8.88. The molecule has 1 atom stereocenters. The molecule has 0 aliphatic rings. The summed E-state index contributed by atoms with van der Waals surface area (Å²) in [5.41, 5.74) is 5.89. The number of carbonyl (C=O) groups is 2. The topological polar surface area (TPSA) is 109 Å². The highest BCUT2D eigenvalue weighted by molar-refractivity contribution is 5.96. The molecule has 4 N–H and O–H groups in total. The first-order valence-corrected chi connectivity index (χ1v) is 5.79. The van der Waals surface area contributed by atoms with Crippen molar-refractivity contribution in [1.29, 1.82) is 0 Å². The second-order valence-electron chi connectivity index (χ2n) is 4.30. The predicted octanol–water partition coefficient (Wildman–Crippen LogP) is 0.180. The van der Waals surface area contributed by atoms with Gasteiger partial charge in [0.15, 0.2) is 5.82 Å². The van der Waals surface area contributed by atoms with E-state index in [1.165, 1.54) is 12.3 Å². The van der Waals surface area contributed by atoms with Gasteiger partial charge in [-0.3, -0.25) is 4.79 Å². The van der Waals surface area contributed by atoms with Gasteiger partial charge in [-0.1, -0.05) is 6.92 Å². The van der Waals surface area contributed by atoms with Gasteiger partial charge in [0.05, 0.1) is 17.2 Å². The van der Waals surface area contributed by atoms with E-state index in [1.807, 2.05) is 0 Å². The van der Waals surface area contributed by atoms with Crippen LogP contribution in [0.4, 0.5) is 11.5 Å². The minimum absolute atomic E-state index is 0.00412. The molecule has 1 unspecified atom stereocenters. The minimum Gasteiger partial charge on any atom is -0.478 e. The molecule has 1 aromatic heterocycles. The van der Waals surface area contributed by atoms with Gasteiger partial charge in [0.25, 0.3) is 0 Å². The molecular weight excluding hydrogens is 248 g/mol. The quantitative estimate of drug-likeness (QED) is 0.701. The number of pyridine rings is 1. The predicted molar refractivity (Wildman–Crippen MR) is 72.1 cm³/mol. The average molecular weight is 266 g/mol. The lowest BCUT2D eigenvalue weighted by atomic mass is 10.1. The van der Waals surface area contributed by atoms with Crippen molar-refractivity contribution in [3.05, 3.63) is 17.8 Å². The van der Waals surface area contributed by atoms with Gasteiger partial charge in [-0.15, -0.1) is 0 Å². The molecule has 1 amide bonds. The van der Waals surface area contributed by atoms with Gasteiger partial charge in [0.1, 0.15) is 0 Å². The number of carbonyl (C=O) groups excluding carboxylic acids is 1. The minimum atomic E-state index is -1.10. The summed E-state index contributed by atoms with van der Waals surface area (Å²) < 4.78 is 0. The highest BCUT2D eigenvalue weighted by Crippen LogP contribution is 2.23. The smallest absolute Gasteiger partial charge is 0.337 e. The number of nitrogens with one attached hydrogen (secondary N) is 1. The monoisotopic (exact) mass is 266 g/mol. The van der Waals surface area contributed by atoms with Crippen LogP contribution in [0.25, 0.3) is 0 Å². The van der Waals surface area contributed by atoms with Crippen molar-refractivity contribution in [2.24, 2.45) is 5.92 Å². The van der Waals surface area contributed by atoms with E-state index in [9.17, 15) is 9.59 Å². The number of hydrogen-bond donors (Lipinski definition) is 3. The lowest BCUT2D eigenvalue weighted by molar-refractivity contribution is -0.123. The van der Waals surface area contributed by atoms with E-state index >= 15 is 0 Å². The summed E-state index contributed by atoms with van der Waals surface area (Å²) >= 11 is 0. The molecule has 7 heteroatoms. The van der Waals surface area contributed by atoms with Crippen molar-refractivity contribution in [3.8, 4) is 0 Å². The summed E-state index contributed by atoms with van der Waals surface area (Å²) in [5.74, 6) is -1.10. The fraction of sp³-hybridized carbons (Fsp3) is 0.417. The molecule has 1 heterocycles. The van der Waals surface area contributed by atoms with E-state index < -0.39 is 5.97 Å². The third-order valence-electron chi connectivity index (χ3n) is 2.80. The van der Waals surface area contributed by atoms with Gasteiger partial charge in [-0.2, -0.15) is 0 Å². The number of carboxylic acid groups (broad SMARTS) is 1. The molecule has 0 fully saturated rings. The number of nitrogens with two attached hydrogens (primary N) is 1. The number of anilines is 2. The zero-order valence-electron chi connectivity index (χ0n) is 11.2. The molecule has 0 saturated heterocycles. The number of hydrogen-bond acceptors (Lipinski definition) is 5. The van der Waals surface area contributed by atoms with Crippen molar-refractivity contribution in [2.75, 3.05) is 31.3 Å². The lowest BCUT2D eigenvalue weighted by Gasteiger charge is -2.23. The van der Waals surface area contributed by atoms with Crippen LogP contribution in [0.15, 0.2) is 12.3 Å². The summed E-state index contributed by atoms with van der Waals surface area (Å²) in [7, 11) is 3.28. The van der Waals surface area contributed by atoms with Crippen LogP contribution < -0.4 is 16.0 Å². The van der Waals surface area contributed by atoms with Crippen molar-refractivity contribution in [1.82, 2.24) is 10.3 Å². The Morgan fingerprint density at radius 1 is 1.58 bits per heavy atom. The van der Waals surface area contributed by atoms with Crippen molar-refractivity contribution >= 4 is 23.4 Å². The van der Waals surface area contributed by atoms with Gasteiger partial charge in [-0.25, -0.2) is 9.78 Å². The standard InChI is InChI=1S/C12H18N4O3/c1-7(11(17)14-2)6-16(3)10-9(13)8(12(18)19)4-5-15-10/h4-5,7H,6,13H2,1-3H3,(H,14,17)(H,18,19). The van der Waals surface area contributed by atoms with Crippen LogP contribution in [0.1, 0.15) is 17.3 Å². The molecule has 7 nitrogen and oxygen atoms in total. The molecule has 0 aliphatic heterocycles.